The first kappa shape index (κ1) is 25.8. The van der Waals surface area contributed by atoms with Crippen LogP contribution in [0, 0.1) is 0 Å². The lowest BCUT2D eigenvalue weighted by Gasteiger charge is -2.12. The number of carbonyl (C=O) groups excluding carboxylic acids is 1. The van der Waals surface area contributed by atoms with Gasteiger partial charge in [-0.25, -0.2) is 5.43 Å². The van der Waals surface area contributed by atoms with Gasteiger partial charge in [-0.2, -0.15) is 5.10 Å². The third-order valence-electron chi connectivity index (χ3n) is 5.48. The summed E-state index contributed by atoms with van der Waals surface area (Å²) in [5, 5.41) is 13.6. The number of thioether (sulfide) groups is 1. The molecule has 190 valence electrons. The summed E-state index contributed by atoms with van der Waals surface area (Å²) in [7, 11) is 4.79. The summed E-state index contributed by atoms with van der Waals surface area (Å²) in [4.78, 5) is 12.6. The number of hydrazone groups is 1. The number of ether oxygens (including phenoxy) is 3. The maximum absolute atomic E-state index is 12.6. The number of nitrogens with zero attached hydrogens (tertiary/aromatic N) is 4. The molecule has 1 heterocycles. The Balaban J connectivity index is 1.53. The Morgan fingerprint density at radius 2 is 1.65 bits per heavy atom. The number of amides is 1. The van der Waals surface area contributed by atoms with Crippen molar-refractivity contribution in [3.05, 3.63) is 78.4 Å². The van der Waals surface area contributed by atoms with E-state index in [-0.39, 0.29) is 11.7 Å². The highest BCUT2D eigenvalue weighted by Gasteiger charge is 2.18. The number of methoxy groups -OCH3 is 3. The maximum atomic E-state index is 12.6. The fourth-order valence-corrected chi connectivity index (χ4v) is 4.29. The Bertz CT molecular complexity index is 1390. The topological polar surface area (TPSA) is 99.9 Å². The molecule has 0 unspecified atom stereocenters. The molecular weight excluding hydrogens is 490 g/mol. The van der Waals surface area contributed by atoms with Crippen LogP contribution < -0.4 is 19.6 Å². The van der Waals surface area contributed by atoms with Crippen molar-refractivity contribution in [3.63, 3.8) is 0 Å². The van der Waals surface area contributed by atoms with Crippen molar-refractivity contribution < 1.29 is 19.0 Å². The molecule has 0 aliphatic rings. The van der Waals surface area contributed by atoms with Crippen molar-refractivity contribution in [2.45, 2.75) is 12.1 Å². The Kier molecular flexibility index (Phi) is 8.42. The zero-order chi connectivity index (χ0) is 26.2. The summed E-state index contributed by atoms with van der Waals surface area (Å²) < 4.78 is 17.9. The zero-order valence-corrected chi connectivity index (χ0v) is 21.8. The van der Waals surface area contributed by atoms with E-state index in [0.29, 0.717) is 28.2 Å². The van der Waals surface area contributed by atoms with Gasteiger partial charge in [0, 0.05) is 11.3 Å². The van der Waals surface area contributed by atoms with E-state index in [0.717, 1.165) is 22.6 Å². The Morgan fingerprint density at radius 1 is 0.919 bits per heavy atom. The molecule has 9 nitrogen and oxygen atoms in total. The Hall–Kier alpha value is -4.31. The monoisotopic (exact) mass is 517 g/mol. The molecule has 37 heavy (non-hydrogen) atoms. The van der Waals surface area contributed by atoms with Gasteiger partial charge in [0.1, 0.15) is 5.75 Å². The van der Waals surface area contributed by atoms with Crippen LogP contribution >= 0.6 is 11.8 Å². The fraction of sp³-hybridized carbons (Fsp3) is 0.185. The summed E-state index contributed by atoms with van der Waals surface area (Å²) >= 11 is 1.27. The summed E-state index contributed by atoms with van der Waals surface area (Å²) in [6.07, 6.45) is 0. The maximum Gasteiger partial charge on any atom is 0.250 e. The largest absolute Gasteiger partial charge is 0.497 e. The van der Waals surface area contributed by atoms with Crippen molar-refractivity contribution in [1.82, 2.24) is 20.2 Å². The molecule has 0 spiro atoms. The van der Waals surface area contributed by atoms with Gasteiger partial charge >= 0.3 is 0 Å². The molecular formula is C27H27N5O4S. The Labute approximate surface area is 219 Å². The second-order valence-corrected chi connectivity index (χ2v) is 8.74. The van der Waals surface area contributed by atoms with Crippen molar-refractivity contribution in [2.75, 3.05) is 27.1 Å². The molecule has 1 amide bonds. The smallest absolute Gasteiger partial charge is 0.250 e. The quantitative estimate of drug-likeness (QED) is 0.187. The third kappa shape index (κ3) is 6.10. The van der Waals surface area contributed by atoms with Crippen LogP contribution in [0.4, 0.5) is 0 Å². The minimum Gasteiger partial charge on any atom is -0.497 e. The number of rotatable bonds is 10. The van der Waals surface area contributed by atoms with Gasteiger partial charge in [0.25, 0.3) is 5.91 Å². The predicted molar refractivity (Wildman–Crippen MR) is 144 cm³/mol. The van der Waals surface area contributed by atoms with Crippen molar-refractivity contribution >= 4 is 23.4 Å². The number of para-hydroxylation sites is 1. The second kappa shape index (κ2) is 12.1. The molecule has 0 radical (unpaired) electrons. The number of carbonyl (C=O) groups is 1. The molecule has 3 aromatic carbocycles. The van der Waals surface area contributed by atoms with Crippen LogP contribution in [0.3, 0.4) is 0 Å². The van der Waals surface area contributed by atoms with Gasteiger partial charge < -0.3 is 14.2 Å². The Morgan fingerprint density at radius 3 is 2.32 bits per heavy atom. The lowest BCUT2D eigenvalue weighted by atomic mass is 10.1. The summed E-state index contributed by atoms with van der Waals surface area (Å²) in [5.41, 5.74) is 5.85. The molecule has 1 aromatic heterocycles. The highest BCUT2D eigenvalue weighted by Crippen LogP contribution is 2.34. The van der Waals surface area contributed by atoms with E-state index in [2.05, 4.69) is 20.7 Å². The van der Waals surface area contributed by atoms with Gasteiger partial charge in [-0.15, -0.1) is 10.2 Å². The summed E-state index contributed by atoms with van der Waals surface area (Å²) in [5.74, 6) is 2.43. The number of benzene rings is 3. The highest BCUT2D eigenvalue weighted by molar-refractivity contribution is 7.99. The second-order valence-electron chi connectivity index (χ2n) is 7.80. The normalized spacial score (nSPS) is 11.2. The van der Waals surface area contributed by atoms with Crippen molar-refractivity contribution in [1.29, 1.82) is 0 Å². The molecule has 1 N–H and O–H groups in total. The number of nitrogens with one attached hydrogen (secondary N) is 1. The fourth-order valence-electron chi connectivity index (χ4n) is 3.54. The van der Waals surface area contributed by atoms with Crippen LogP contribution in [-0.2, 0) is 4.79 Å². The van der Waals surface area contributed by atoms with E-state index in [4.69, 9.17) is 14.2 Å². The molecule has 4 rings (SSSR count). The van der Waals surface area contributed by atoms with Crippen LogP contribution in [0.1, 0.15) is 12.5 Å². The van der Waals surface area contributed by atoms with Gasteiger partial charge in [0.05, 0.1) is 32.8 Å². The van der Waals surface area contributed by atoms with Crippen LogP contribution in [0.2, 0.25) is 0 Å². The first-order valence-electron chi connectivity index (χ1n) is 11.4. The van der Waals surface area contributed by atoms with Gasteiger partial charge in [-0.05, 0) is 67.1 Å². The van der Waals surface area contributed by atoms with Crippen molar-refractivity contribution in [3.8, 4) is 34.3 Å². The number of hydrogen-bond acceptors (Lipinski definition) is 8. The van der Waals surface area contributed by atoms with E-state index in [1.165, 1.54) is 11.8 Å². The van der Waals surface area contributed by atoms with Crippen LogP contribution in [0.15, 0.2) is 83.1 Å². The average Bonchev–Trinajstić information content (AvgIpc) is 3.38. The molecule has 0 saturated carbocycles. The van der Waals surface area contributed by atoms with E-state index in [1.807, 2.05) is 84.3 Å². The minimum atomic E-state index is -0.256. The predicted octanol–water partition coefficient (Wildman–Crippen LogP) is 4.59. The molecule has 0 bridgehead atoms. The lowest BCUT2D eigenvalue weighted by molar-refractivity contribution is -0.118. The molecule has 0 atom stereocenters. The van der Waals surface area contributed by atoms with Crippen molar-refractivity contribution in [2.24, 2.45) is 5.10 Å². The third-order valence-corrected chi connectivity index (χ3v) is 6.41. The molecule has 0 saturated heterocycles. The molecule has 0 aliphatic carbocycles. The standard InChI is InChI=1S/C27H27N5O4S/c1-18(19-10-13-22(34-2)14-11-19)28-29-25(33)17-37-27-31-30-26(32(27)21-8-6-5-7-9-21)20-12-15-23(35-3)24(16-20)36-4/h5-16H,17H2,1-4H3,(H,29,33)/b28-18+. The van der Waals surface area contributed by atoms with Gasteiger partial charge in [-0.3, -0.25) is 9.36 Å². The molecule has 0 fully saturated rings. The SMILES string of the molecule is COc1ccc(/C(C)=N/NC(=O)CSc2nnc(-c3ccc(OC)c(OC)c3)n2-c2ccccc2)cc1. The first-order chi connectivity index (χ1) is 18.0. The number of hydrogen-bond donors (Lipinski definition) is 1. The number of aromatic nitrogens is 3. The first-order valence-corrected chi connectivity index (χ1v) is 12.4. The minimum absolute atomic E-state index is 0.107. The highest BCUT2D eigenvalue weighted by atomic mass is 32.2. The summed E-state index contributed by atoms with van der Waals surface area (Å²) in [6.45, 7) is 1.83. The van der Waals surface area contributed by atoms with Gasteiger partial charge in [-0.1, -0.05) is 30.0 Å². The van der Waals surface area contributed by atoms with E-state index in [1.54, 1.807) is 21.3 Å². The van der Waals surface area contributed by atoms with Gasteiger partial charge in [0.2, 0.25) is 0 Å². The van der Waals surface area contributed by atoms with E-state index < -0.39 is 0 Å². The van der Waals surface area contributed by atoms with E-state index >= 15 is 0 Å². The molecule has 10 heteroatoms. The molecule has 4 aromatic rings. The average molecular weight is 518 g/mol. The lowest BCUT2D eigenvalue weighted by Crippen LogP contribution is -2.21. The summed E-state index contributed by atoms with van der Waals surface area (Å²) in [6, 6.07) is 22.7. The van der Waals surface area contributed by atoms with Crippen LogP contribution in [0.5, 0.6) is 17.2 Å². The van der Waals surface area contributed by atoms with Crippen LogP contribution in [0.25, 0.3) is 17.1 Å². The zero-order valence-electron chi connectivity index (χ0n) is 21.0. The van der Waals surface area contributed by atoms with Gasteiger partial charge in [0.15, 0.2) is 22.5 Å². The van der Waals surface area contributed by atoms with E-state index in [9.17, 15) is 4.79 Å². The molecule has 0 aliphatic heterocycles. The van der Waals surface area contributed by atoms with Crippen LogP contribution in [-0.4, -0.2) is 53.5 Å².